The molecular weight excluding hydrogens is 572 g/mol. The number of benzene rings is 3. The van der Waals surface area contributed by atoms with Gasteiger partial charge in [0.05, 0.1) is 12.3 Å². The van der Waals surface area contributed by atoms with Crippen molar-refractivity contribution in [3.05, 3.63) is 118 Å². The molecule has 4 rings (SSSR count). The fourth-order valence-corrected chi connectivity index (χ4v) is 4.97. The highest BCUT2D eigenvalue weighted by molar-refractivity contribution is 7.15. The first-order valence-electron chi connectivity index (χ1n) is 12.8. The monoisotopic (exact) mass is 598 g/mol. The number of aliphatic carboxylic acids is 1. The summed E-state index contributed by atoms with van der Waals surface area (Å²) in [6.45, 7) is 2.25. The van der Waals surface area contributed by atoms with Crippen LogP contribution >= 0.6 is 11.3 Å². The van der Waals surface area contributed by atoms with Crippen LogP contribution in [-0.2, 0) is 17.6 Å². The normalized spacial score (nSPS) is 12.5. The maximum absolute atomic E-state index is 13.7. The number of thiazole rings is 1. The Morgan fingerprint density at radius 1 is 1.02 bits per heavy atom. The molecule has 0 amide bonds. The van der Waals surface area contributed by atoms with Gasteiger partial charge in [-0.3, -0.25) is 4.79 Å². The number of carboxylic acids is 1. The fraction of sp³-hybridized carbons (Fsp3) is 0.194. The number of nitrogens with zero attached hydrogens (tertiary/aromatic N) is 1. The predicted molar refractivity (Wildman–Crippen MR) is 151 cm³/mol. The summed E-state index contributed by atoms with van der Waals surface area (Å²) in [6.07, 6.45) is -4.35. The van der Waals surface area contributed by atoms with Crippen molar-refractivity contribution >= 4 is 23.1 Å². The summed E-state index contributed by atoms with van der Waals surface area (Å²) in [7, 11) is 0. The van der Waals surface area contributed by atoms with Gasteiger partial charge < -0.3 is 15.2 Å². The third-order valence-electron chi connectivity index (χ3n) is 6.22. The average molecular weight is 599 g/mol. The molecule has 0 spiro atoms. The predicted octanol–water partition coefficient (Wildman–Crippen LogP) is 6.79. The minimum atomic E-state index is -4.97. The van der Waals surface area contributed by atoms with Crippen LogP contribution in [0.1, 0.15) is 26.5 Å². The van der Waals surface area contributed by atoms with Crippen LogP contribution in [0.15, 0.2) is 90.6 Å². The van der Waals surface area contributed by atoms with Gasteiger partial charge in [0.2, 0.25) is 0 Å². The van der Waals surface area contributed by atoms with Crippen LogP contribution in [0.4, 0.5) is 17.6 Å². The van der Waals surface area contributed by atoms with Crippen LogP contribution in [0.2, 0.25) is 0 Å². The highest BCUT2D eigenvalue weighted by Crippen LogP contribution is 2.28. The zero-order chi connectivity index (χ0) is 30.3. The number of carboxylic acid groups (broad SMARTS) is 1. The Hall–Kier alpha value is -4.51. The minimum Gasteiger partial charge on any atom is -0.493 e. The van der Waals surface area contributed by atoms with E-state index in [4.69, 9.17) is 4.74 Å². The van der Waals surface area contributed by atoms with E-state index in [2.05, 4.69) is 4.98 Å². The SMILES string of the molecule is Cc1sc(-c2ccc(F)cc2)nc1CCOc1ccc(C[C@H](N/C(=C\C(=O)c2ccccc2)C(F)(F)F)C(=O)O)cc1. The first kappa shape index (κ1) is 30.4. The molecule has 1 atom stereocenters. The molecule has 0 aliphatic heterocycles. The Balaban J connectivity index is 1.36. The molecule has 2 N–H and O–H groups in total. The van der Waals surface area contributed by atoms with Gasteiger partial charge in [-0.25, -0.2) is 14.2 Å². The van der Waals surface area contributed by atoms with Crippen LogP contribution < -0.4 is 10.1 Å². The molecule has 0 bridgehead atoms. The van der Waals surface area contributed by atoms with E-state index < -0.39 is 29.7 Å². The zero-order valence-electron chi connectivity index (χ0n) is 22.3. The maximum atomic E-state index is 13.7. The number of aromatic nitrogens is 1. The number of hydrogen-bond donors (Lipinski definition) is 2. The van der Waals surface area contributed by atoms with Gasteiger partial charge >= 0.3 is 12.1 Å². The summed E-state index contributed by atoms with van der Waals surface area (Å²) in [5.41, 5.74) is 0.732. The van der Waals surface area contributed by atoms with Crippen molar-refractivity contribution in [1.82, 2.24) is 10.3 Å². The molecule has 42 heavy (non-hydrogen) atoms. The lowest BCUT2D eigenvalue weighted by molar-refractivity contribution is -0.140. The second-order valence-corrected chi connectivity index (χ2v) is 10.5. The van der Waals surface area contributed by atoms with Crippen molar-refractivity contribution in [1.29, 1.82) is 0 Å². The molecule has 0 aliphatic rings. The van der Waals surface area contributed by atoms with Crippen molar-refractivity contribution in [2.75, 3.05) is 6.61 Å². The smallest absolute Gasteiger partial charge is 0.431 e. The number of allylic oxidation sites excluding steroid dienone is 2. The lowest BCUT2D eigenvalue weighted by atomic mass is 10.0. The molecule has 218 valence electrons. The number of alkyl halides is 3. The van der Waals surface area contributed by atoms with Gasteiger partial charge in [0.15, 0.2) is 5.78 Å². The average Bonchev–Trinajstić information content (AvgIpc) is 3.33. The van der Waals surface area contributed by atoms with Gasteiger partial charge in [-0.1, -0.05) is 42.5 Å². The summed E-state index contributed by atoms with van der Waals surface area (Å²) in [6, 6.07) is 18.2. The molecule has 4 aromatic rings. The van der Waals surface area contributed by atoms with E-state index in [0.29, 0.717) is 30.4 Å². The molecule has 0 unspecified atom stereocenters. The number of ether oxygens (including phenoxy) is 1. The van der Waals surface area contributed by atoms with Crippen LogP contribution in [0.3, 0.4) is 0 Å². The number of aryl methyl sites for hydroxylation is 1. The van der Waals surface area contributed by atoms with Gasteiger partial charge in [0.25, 0.3) is 0 Å². The Bertz CT molecular complexity index is 1550. The molecule has 11 heteroatoms. The quantitative estimate of drug-likeness (QED) is 0.106. The number of nitrogens with one attached hydrogen (secondary N) is 1. The fourth-order valence-electron chi connectivity index (χ4n) is 4.01. The first-order chi connectivity index (χ1) is 20.0. The largest absolute Gasteiger partial charge is 0.493 e. The highest BCUT2D eigenvalue weighted by Gasteiger charge is 2.37. The van der Waals surface area contributed by atoms with E-state index in [1.165, 1.54) is 47.7 Å². The standard InChI is InChI=1S/C31H26F4N2O4S/c1-19-25(37-29(42-19)22-9-11-23(32)12-10-22)15-16-41-24-13-7-20(8-14-24)17-26(30(39)40)36-28(31(33,34)35)18-27(38)21-5-3-2-4-6-21/h2-14,18,26,36H,15-17H2,1H3,(H,39,40)/b28-18-/t26-/m0/s1. The molecule has 0 fully saturated rings. The summed E-state index contributed by atoms with van der Waals surface area (Å²) in [5.74, 6) is -2.23. The Kier molecular flexibility index (Phi) is 9.74. The molecule has 0 aliphatic carbocycles. The van der Waals surface area contributed by atoms with Gasteiger partial charge in [0, 0.05) is 34.9 Å². The second kappa shape index (κ2) is 13.4. The number of carbonyl (C=O) groups excluding carboxylic acids is 1. The van der Waals surface area contributed by atoms with Crippen molar-refractivity contribution in [3.63, 3.8) is 0 Å². The molecule has 1 heterocycles. The van der Waals surface area contributed by atoms with Crippen LogP contribution in [-0.4, -0.2) is 40.7 Å². The van der Waals surface area contributed by atoms with Crippen molar-refractivity contribution in [3.8, 4) is 16.3 Å². The Morgan fingerprint density at radius 2 is 1.69 bits per heavy atom. The van der Waals surface area contributed by atoms with Gasteiger partial charge in [-0.05, 0) is 48.9 Å². The van der Waals surface area contributed by atoms with Crippen molar-refractivity contribution in [2.24, 2.45) is 0 Å². The molecule has 0 radical (unpaired) electrons. The third-order valence-corrected chi connectivity index (χ3v) is 7.28. The lowest BCUT2D eigenvalue weighted by Gasteiger charge is -2.20. The molecule has 3 aromatic carbocycles. The summed E-state index contributed by atoms with van der Waals surface area (Å²) < 4.78 is 60.0. The summed E-state index contributed by atoms with van der Waals surface area (Å²) >= 11 is 1.50. The molecule has 6 nitrogen and oxygen atoms in total. The molecule has 1 aromatic heterocycles. The van der Waals surface area contributed by atoms with E-state index in [0.717, 1.165) is 21.1 Å². The second-order valence-electron chi connectivity index (χ2n) is 9.30. The Morgan fingerprint density at radius 3 is 2.31 bits per heavy atom. The third kappa shape index (κ3) is 8.26. The number of ketones is 1. The minimum absolute atomic E-state index is 0.0433. The first-order valence-corrected chi connectivity index (χ1v) is 13.6. The van der Waals surface area contributed by atoms with Gasteiger partial charge in [-0.2, -0.15) is 13.2 Å². The maximum Gasteiger partial charge on any atom is 0.431 e. The van der Waals surface area contributed by atoms with Gasteiger partial charge in [-0.15, -0.1) is 11.3 Å². The van der Waals surface area contributed by atoms with E-state index in [-0.39, 0.29) is 17.8 Å². The van der Waals surface area contributed by atoms with E-state index in [9.17, 15) is 32.3 Å². The van der Waals surface area contributed by atoms with Crippen molar-refractivity contribution in [2.45, 2.75) is 32.0 Å². The molecule has 0 saturated carbocycles. The molecular formula is C31H26F4N2O4S. The van der Waals surface area contributed by atoms with Gasteiger partial charge in [0.1, 0.15) is 28.3 Å². The summed E-state index contributed by atoms with van der Waals surface area (Å²) in [4.78, 5) is 29.8. The zero-order valence-corrected chi connectivity index (χ0v) is 23.1. The highest BCUT2D eigenvalue weighted by atomic mass is 32.1. The van der Waals surface area contributed by atoms with E-state index in [1.54, 1.807) is 42.5 Å². The Labute approximate surface area is 243 Å². The molecule has 0 saturated heterocycles. The number of carbonyl (C=O) groups is 2. The summed E-state index contributed by atoms with van der Waals surface area (Å²) in [5, 5.41) is 12.4. The van der Waals surface area contributed by atoms with E-state index >= 15 is 0 Å². The van der Waals surface area contributed by atoms with E-state index in [1.807, 2.05) is 12.2 Å². The lowest BCUT2D eigenvalue weighted by Crippen LogP contribution is -2.42. The topological polar surface area (TPSA) is 88.5 Å². The van der Waals surface area contributed by atoms with Crippen LogP contribution in [0.5, 0.6) is 5.75 Å². The number of rotatable bonds is 12. The van der Waals surface area contributed by atoms with Crippen molar-refractivity contribution < 1.29 is 37.0 Å². The number of halogens is 4. The number of hydrogen-bond acceptors (Lipinski definition) is 6. The van der Waals surface area contributed by atoms with Crippen LogP contribution in [0.25, 0.3) is 10.6 Å². The van der Waals surface area contributed by atoms with Crippen LogP contribution in [0, 0.1) is 12.7 Å².